The Hall–Kier alpha value is -2.63. The van der Waals surface area contributed by atoms with Crippen LogP contribution in [-0.4, -0.2) is 11.7 Å². The summed E-state index contributed by atoms with van der Waals surface area (Å²) in [6.45, 7) is 1.90. The highest BCUT2D eigenvalue weighted by Crippen LogP contribution is 2.36. The molecule has 3 aromatic rings. The predicted octanol–water partition coefficient (Wildman–Crippen LogP) is 6.19. The first-order valence-electron chi connectivity index (χ1n) is 9.50. The number of halogens is 1. The summed E-state index contributed by atoms with van der Waals surface area (Å²) in [5.74, 6) is 0.380. The molecule has 6 heteroatoms. The minimum absolute atomic E-state index is 0.128. The van der Waals surface area contributed by atoms with Crippen molar-refractivity contribution in [2.45, 2.75) is 26.2 Å². The van der Waals surface area contributed by atoms with E-state index in [9.17, 15) is 9.59 Å². The van der Waals surface area contributed by atoms with Crippen LogP contribution in [0.5, 0.6) is 0 Å². The van der Waals surface area contributed by atoms with Gasteiger partial charge in [0.2, 0.25) is 0 Å². The van der Waals surface area contributed by atoms with Crippen molar-refractivity contribution in [1.82, 2.24) is 0 Å². The minimum Gasteiger partial charge on any atom is -0.397 e. The first kappa shape index (κ1) is 19.7. The lowest BCUT2D eigenvalue weighted by molar-refractivity contribution is 0.0974. The Kier molecular flexibility index (Phi) is 5.43. The maximum Gasteiger partial charge on any atom is 0.267 e. The molecule has 0 bridgehead atoms. The van der Waals surface area contributed by atoms with Crippen molar-refractivity contribution in [3.8, 4) is 11.1 Å². The van der Waals surface area contributed by atoms with Crippen molar-refractivity contribution in [1.29, 1.82) is 0 Å². The number of nitrogens with one attached hydrogen (secondary N) is 1. The van der Waals surface area contributed by atoms with Crippen LogP contribution >= 0.6 is 22.9 Å². The monoisotopic (exact) mass is 424 g/mol. The molecule has 2 aromatic carbocycles. The van der Waals surface area contributed by atoms with Crippen LogP contribution in [0.2, 0.25) is 5.02 Å². The van der Waals surface area contributed by atoms with Gasteiger partial charge >= 0.3 is 0 Å². The largest absolute Gasteiger partial charge is 0.397 e. The summed E-state index contributed by atoms with van der Waals surface area (Å²) in [4.78, 5) is 25.7. The van der Waals surface area contributed by atoms with Crippen molar-refractivity contribution < 1.29 is 9.59 Å². The van der Waals surface area contributed by atoms with Crippen LogP contribution in [0.4, 0.5) is 11.4 Å². The van der Waals surface area contributed by atoms with E-state index in [-0.39, 0.29) is 11.7 Å². The highest BCUT2D eigenvalue weighted by Gasteiger charge is 2.25. The van der Waals surface area contributed by atoms with Crippen LogP contribution in [0.15, 0.2) is 47.8 Å². The molecule has 1 amide bonds. The Labute approximate surface area is 178 Å². The van der Waals surface area contributed by atoms with E-state index in [4.69, 9.17) is 17.3 Å². The van der Waals surface area contributed by atoms with E-state index < -0.39 is 0 Å². The lowest BCUT2D eigenvalue weighted by Gasteiger charge is -2.10. The van der Waals surface area contributed by atoms with Gasteiger partial charge in [-0.1, -0.05) is 35.9 Å². The van der Waals surface area contributed by atoms with Gasteiger partial charge < -0.3 is 11.1 Å². The molecule has 1 heterocycles. The highest BCUT2D eigenvalue weighted by molar-refractivity contribution is 7.13. The summed E-state index contributed by atoms with van der Waals surface area (Å²) in [5, 5.41) is 5.44. The van der Waals surface area contributed by atoms with Crippen LogP contribution in [0, 0.1) is 12.8 Å². The molecule has 1 fully saturated rings. The van der Waals surface area contributed by atoms with Gasteiger partial charge in [-0.05, 0) is 55.0 Å². The third-order valence-electron chi connectivity index (χ3n) is 5.17. The zero-order chi connectivity index (χ0) is 20.5. The Balaban J connectivity index is 1.55. The molecule has 0 unspecified atom stereocenters. The van der Waals surface area contributed by atoms with Gasteiger partial charge in [0.15, 0.2) is 5.78 Å². The Morgan fingerprint density at radius 3 is 2.59 bits per heavy atom. The number of Topliss-reactive ketones (excluding diaryl/α,β-unsaturated/α-hetero) is 1. The number of ketones is 1. The van der Waals surface area contributed by atoms with E-state index in [0.29, 0.717) is 39.2 Å². The van der Waals surface area contributed by atoms with Crippen molar-refractivity contribution in [3.63, 3.8) is 0 Å². The zero-order valence-electron chi connectivity index (χ0n) is 16.0. The van der Waals surface area contributed by atoms with E-state index in [1.54, 1.807) is 18.2 Å². The molecule has 3 N–H and O–H groups in total. The number of nitrogens with two attached hydrogens (primary N) is 1. The molecular weight excluding hydrogens is 404 g/mol. The molecule has 0 saturated heterocycles. The molecule has 0 aliphatic heterocycles. The SMILES string of the molecule is Cc1ccc(C(=O)CC2CC2)cc1NC(=O)c1scc(-c2ccc(Cl)cc2)c1N. The third-order valence-corrected chi connectivity index (χ3v) is 6.42. The second kappa shape index (κ2) is 8.01. The first-order valence-corrected chi connectivity index (χ1v) is 10.8. The summed E-state index contributed by atoms with van der Waals surface area (Å²) < 4.78 is 0. The minimum atomic E-state index is -0.275. The standard InChI is InChI=1S/C23H21ClN2O2S/c1-13-2-5-16(20(27)10-14-3-4-14)11-19(13)26-23(28)22-21(25)18(12-29-22)15-6-8-17(24)9-7-15/h2,5-9,11-12,14H,3-4,10,25H2,1H3,(H,26,28). The Morgan fingerprint density at radius 2 is 1.90 bits per heavy atom. The summed E-state index contributed by atoms with van der Waals surface area (Å²) in [7, 11) is 0. The van der Waals surface area contributed by atoms with Gasteiger partial charge in [-0.25, -0.2) is 0 Å². The van der Waals surface area contributed by atoms with E-state index in [0.717, 1.165) is 29.5 Å². The zero-order valence-corrected chi connectivity index (χ0v) is 17.6. The molecule has 4 nitrogen and oxygen atoms in total. The number of amides is 1. The van der Waals surface area contributed by atoms with E-state index in [2.05, 4.69) is 5.32 Å². The number of nitrogen functional groups attached to an aromatic ring is 1. The maximum absolute atomic E-state index is 12.9. The normalized spacial score (nSPS) is 13.3. The van der Waals surface area contributed by atoms with Crippen molar-refractivity contribution in [2.75, 3.05) is 11.1 Å². The number of anilines is 2. The average Bonchev–Trinajstić information content (AvgIpc) is 3.43. The van der Waals surface area contributed by atoms with Crippen LogP contribution in [0.25, 0.3) is 11.1 Å². The van der Waals surface area contributed by atoms with E-state index in [1.165, 1.54) is 11.3 Å². The van der Waals surface area contributed by atoms with Gasteiger partial charge in [-0.3, -0.25) is 9.59 Å². The Bertz CT molecular complexity index is 1080. The van der Waals surface area contributed by atoms with Crippen LogP contribution in [0.3, 0.4) is 0 Å². The number of aryl methyl sites for hydroxylation is 1. The fourth-order valence-corrected chi connectivity index (χ4v) is 4.23. The number of hydrogen-bond acceptors (Lipinski definition) is 4. The van der Waals surface area contributed by atoms with Gasteiger partial charge in [0.05, 0.1) is 5.69 Å². The predicted molar refractivity (Wildman–Crippen MR) is 120 cm³/mol. The second-order valence-electron chi connectivity index (χ2n) is 7.45. The number of thiophene rings is 1. The van der Waals surface area contributed by atoms with Gasteiger partial charge in [0, 0.05) is 33.6 Å². The molecule has 29 heavy (non-hydrogen) atoms. The Morgan fingerprint density at radius 1 is 1.17 bits per heavy atom. The van der Waals surface area contributed by atoms with Crippen molar-refractivity contribution in [3.05, 3.63) is 68.9 Å². The van der Waals surface area contributed by atoms with Crippen molar-refractivity contribution in [2.24, 2.45) is 5.92 Å². The fraction of sp³-hybridized carbons (Fsp3) is 0.217. The molecule has 4 rings (SSSR count). The molecule has 1 aliphatic rings. The van der Waals surface area contributed by atoms with Crippen LogP contribution in [-0.2, 0) is 0 Å². The second-order valence-corrected chi connectivity index (χ2v) is 8.77. The molecule has 1 aromatic heterocycles. The summed E-state index contributed by atoms with van der Waals surface area (Å²) >= 11 is 7.25. The average molecular weight is 425 g/mol. The third kappa shape index (κ3) is 4.36. The maximum atomic E-state index is 12.9. The summed E-state index contributed by atoms with van der Waals surface area (Å²) in [6, 6.07) is 12.8. The molecular formula is C23H21ClN2O2S. The number of rotatable bonds is 6. The molecule has 0 atom stereocenters. The van der Waals surface area contributed by atoms with Gasteiger partial charge in [0.25, 0.3) is 5.91 Å². The van der Waals surface area contributed by atoms with E-state index >= 15 is 0 Å². The molecule has 0 radical (unpaired) electrons. The van der Waals surface area contributed by atoms with Gasteiger partial charge in [-0.2, -0.15) is 0 Å². The topological polar surface area (TPSA) is 72.2 Å². The smallest absolute Gasteiger partial charge is 0.267 e. The number of carbonyl (C=O) groups is 2. The first-order chi connectivity index (χ1) is 13.9. The number of carbonyl (C=O) groups excluding carboxylic acids is 2. The lowest BCUT2D eigenvalue weighted by atomic mass is 10.0. The fourth-order valence-electron chi connectivity index (χ4n) is 3.21. The molecule has 148 valence electrons. The van der Waals surface area contributed by atoms with Gasteiger partial charge in [0.1, 0.15) is 4.88 Å². The molecule has 0 spiro atoms. The van der Waals surface area contributed by atoms with Crippen LogP contribution in [0.1, 0.15) is 44.9 Å². The number of hydrogen-bond donors (Lipinski definition) is 2. The summed E-state index contributed by atoms with van der Waals surface area (Å²) in [5.41, 5.74) is 10.6. The van der Waals surface area contributed by atoms with Gasteiger partial charge in [-0.15, -0.1) is 11.3 Å². The lowest BCUT2D eigenvalue weighted by Crippen LogP contribution is -2.14. The molecule has 1 saturated carbocycles. The number of benzene rings is 2. The quantitative estimate of drug-likeness (QED) is 0.463. The molecule has 1 aliphatic carbocycles. The highest BCUT2D eigenvalue weighted by atomic mass is 35.5. The van der Waals surface area contributed by atoms with Crippen molar-refractivity contribution >= 4 is 46.0 Å². The van der Waals surface area contributed by atoms with E-state index in [1.807, 2.05) is 36.6 Å². The summed E-state index contributed by atoms with van der Waals surface area (Å²) in [6.07, 6.45) is 2.85. The van der Waals surface area contributed by atoms with Crippen LogP contribution < -0.4 is 11.1 Å².